The molecule has 0 atom stereocenters. The van der Waals surface area contributed by atoms with Gasteiger partial charge >= 0.3 is 0 Å². The van der Waals surface area contributed by atoms with Crippen LogP contribution in [0.5, 0.6) is 23.0 Å². The lowest BCUT2D eigenvalue weighted by atomic mass is 10.1. The molecule has 0 aliphatic carbocycles. The Kier molecular flexibility index (Phi) is 6.56. The number of aromatic nitrogens is 1. The number of hydrogen-bond donors (Lipinski definition) is 1. The van der Waals surface area contributed by atoms with E-state index in [0.717, 1.165) is 32.8 Å². The van der Waals surface area contributed by atoms with Gasteiger partial charge in [-0.25, -0.2) is 4.98 Å². The number of benzene rings is 3. The second-order valence-electron chi connectivity index (χ2n) is 7.32. The monoisotopic (exact) mass is 448 g/mol. The molecule has 7 heteroatoms. The second kappa shape index (κ2) is 9.70. The molecule has 0 aliphatic rings. The predicted octanol–water partition coefficient (Wildman–Crippen LogP) is 6.12. The van der Waals surface area contributed by atoms with E-state index in [1.54, 1.807) is 12.1 Å². The summed E-state index contributed by atoms with van der Waals surface area (Å²) in [6, 6.07) is 18.9. The summed E-state index contributed by atoms with van der Waals surface area (Å²) < 4.78 is 18.0. The van der Waals surface area contributed by atoms with Gasteiger partial charge in [-0.15, -0.1) is 0 Å². The molecule has 0 fully saturated rings. The Morgan fingerprint density at radius 2 is 1.56 bits per heavy atom. The number of hydrogen-bond acceptors (Lipinski definition) is 6. The molecule has 1 amide bonds. The van der Waals surface area contributed by atoms with Crippen molar-refractivity contribution in [1.82, 2.24) is 4.98 Å². The van der Waals surface area contributed by atoms with Crippen molar-refractivity contribution < 1.29 is 19.0 Å². The lowest BCUT2D eigenvalue weighted by Gasteiger charge is -2.09. The number of fused-ring (bicyclic) bond motifs is 1. The number of nitrogens with zero attached hydrogens (tertiary/aromatic N) is 1. The van der Waals surface area contributed by atoms with E-state index < -0.39 is 0 Å². The Balaban J connectivity index is 1.31. The zero-order valence-corrected chi connectivity index (χ0v) is 19.0. The Morgan fingerprint density at radius 1 is 0.875 bits per heavy atom. The molecule has 32 heavy (non-hydrogen) atoms. The molecule has 0 spiro atoms. The fourth-order valence-corrected chi connectivity index (χ4v) is 4.16. The highest BCUT2D eigenvalue weighted by atomic mass is 32.1. The smallest absolute Gasteiger partial charge is 0.264 e. The first kappa shape index (κ1) is 21.6. The number of aryl methyl sites for hydroxylation is 2. The van der Waals surface area contributed by atoms with Gasteiger partial charge in [-0.2, -0.15) is 0 Å². The van der Waals surface area contributed by atoms with Crippen molar-refractivity contribution in [3.63, 3.8) is 0 Å². The van der Waals surface area contributed by atoms with Crippen molar-refractivity contribution >= 4 is 32.6 Å². The molecule has 1 aromatic heterocycles. The van der Waals surface area contributed by atoms with Crippen LogP contribution in [0.25, 0.3) is 10.2 Å². The third-order valence-electron chi connectivity index (χ3n) is 4.54. The van der Waals surface area contributed by atoms with Gasteiger partial charge in [0.25, 0.3) is 5.91 Å². The maximum Gasteiger partial charge on any atom is 0.264 e. The van der Waals surface area contributed by atoms with Crippen molar-refractivity contribution in [2.24, 2.45) is 0 Å². The van der Waals surface area contributed by atoms with Crippen LogP contribution in [-0.4, -0.2) is 24.1 Å². The zero-order valence-electron chi connectivity index (χ0n) is 18.2. The number of amides is 1. The average Bonchev–Trinajstić information content (AvgIpc) is 3.14. The third kappa shape index (κ3) is 5.56. The lowest BCUT2D eigenvalue weighted by Crippen LogP contribution is -2.19. The van der Waals surface area contributed by atoms with Crippen LogP contribution in [0.15, 0.2) is 60.7 Å². The molecule has 4 rings (SSSR count). The van der Waals surface area contributed by atoms with E-state index in [9.17, 15) is 4.79 Å². The first-order valence-corrected chi connectivity index (χ1v) is 11.1. The van der Waals surface area contributed by atoms with Gasteiger partial charge < -0.3 is 14.2 Å². The number of carbonyl (C=O) groups is 1. The van der Waals surface area contributed by atoms with E-state index in [0.29, 0.717) is 23.2 Å². The summed E-state index contributed by atoms with van der Waals surface area (Å²) in [5.41, 5.74) is 3.11. The molecule has 0 saturated heterocycles. The molecule has 3 aromatic carbocycles. The van der Waals surface area contributed by atoms with Crippen molar-refractivity contribution in [1.29, 1.82) is 0 Å². The highest BCUT2D eigenvalue weighted by Gasteiger charge is 2.10. The van der Waals surface area contributed by atoms with Crippen molar-refractivity contribution in [3.8, 4) is 23.0 Å². The first-order chi connectivity index (χ1) is 15.5. The standard InChI is InChI=1S/C25H24N2O4S/c1-4-29-20-9-10-22-23(14-20)32-25(26-22)27-24(28)15-30-18-5-7-19(8-6-18)31-21-12-16(2)11-17(3)13-21/h5-14H,4,15H2,1-3H3,(H,26,27,28). The van der Waals surface area contributed by atoms with Gasteiger partial charge in [0.2, 0.25) is 0 Å². The van der Waals surface area contributed by atoms with E-state index in [4.69, 9.17) is 14.2 Å². The Hall–Kier alpha value is -3.58. The molecule has 0 saturated carbocycles. The zero-order chi connectivity index (χ0) is 22.5. The maximum absolute atomic E-state index is 12.3. The lowest BCUT2D eigenvalue weighted by molar-refractivity contribution is -0.118. The highest BCUT2D eigenvalue weighted by Crippen LogP contribution is 2.29. The second-order valence-corrected chi connectivity index (χ2v) is 8.35. The molecular weight excluding hydrogens is 424 g/mol. The summed E-state index contributed by atoms with van der Waals surface area (Å²) in [7, 11) is 0. The van der Waals surface area contributed by atoms with E-state index >= 15 is 0 Å². The van der Waals surface area contributed by atoms with Crippen LogP contribution in [0.2, 0.25) is 0 Å². The number of ether oxygens (including phenoxy) is 3. The van der Waals surface area contributed by atoms with Gasteiger partial charge in [-0.05, 0) is 86.5 Å². The topological polar surface area (TPSA) is 69.7 Å². The molecule has 164 valence electrons. The molecule has 1 N–H and O–H groups in total. The summed E-state index contributed by atoms with van der Waals surface area (Å²) >= 11 is 1.40. The largest absolute Gasteiger partial charge is 0.494 e. The number of anilines is 1. The van der Waals surface area contributed by atoms with Crippen LogP contribution in [-0.2, 0) is 4.79 Å². The normalized spacial score (nSPS) is 10.7. The summed E-state index contributed by atoms with van der Waals surface area (Å²) in [6.45, 7) is 6.50. The van der Waals surface area contributed by atoms with E-state index in [-0.39, 0.29) is 12.5 Å². The van der Waals surface area contributed by atoms with Gasteiger partial charge in [0.1, 0.15) is 23.0 Å². The summed E-state index contributed by atoms with van der Waals surface area (Å²) in [4.78, 5) is 16.7. The van der Waals surface area contributed by atoms with Crippen molar-refractivity contribution in [2.75, 3.05) is 18.5 Å². The minimum absolute atomic E-state index is 0.114. The highest BCUT2D eigenvalue weighted by molar-refractivity contribution is 7.22. The Labute approximate surface area is 190 Å². The molecule has 6 nitrogen and oxygen atoms in total. The van der Waals surface area contributed by atoms with Gasteiger partial charge in [0.05, 0.1) is 16.8 Å². The minimum atomic E-state index is -0.273. The van der Waals surface area contributed by atoms with Crippen LogP contribution < -0.4 is 19.5 Å². The molecule has 0 aliphatic heterocycles. The molecule has 0 unspecified atom stereocenters. The summed E-state index contributed by atoms with van der Waals surface area (Å²) in [6.07, 6.45) is 0. The number of rotatable bonds is 8. The van der Waals surface area contributed by atoms with Crippen LogP contribution in [0.3, 0.4) is 0 Å². The quantitative estimate of drug-likeness (QED) is 0.352. The Bertz CT molecular complexity index is 1210. The van der Waals surface area contributed by atoms with Gasteiger partial charge in [0.15, 0.2) is 11.7 Å². The number of nitrogens with one attached hydrogen (secondary N) is 1. The van der Waals surface area contributed by atoms with Crippen LogP contribution in [0.1, 0.15) is 18.1 Å². The van der Waals surface area contributed by atoms with E-state index in [1.165, 1.54) is 11.3 Å². The molecule has 0 bridgehead atoms. The van der Waals surface area contributed by atoms with Crippen LogP contribution in [0.4, 0.5) is 5.13 Å². The summed E-state index contributed by atoms with van der Waals surface area (Å²) in [5, 5.41) is 3.31. The molecule has 1 heterocycles. The number of thiazole rings is 1. The minimum Gasteiger partial charge on any atom is -0.494 e. The Morgan fingerprint density at radius 3 is 2.28 bits per heavy atom. The van der Waals surface area contributed by atoms with Crippen molar-refractivity contribution in [3.05, 3.63) is 71.8 Å². The van der Waals surface area contributed by atoms with Crippen LogP contribution in [0, 0.1) is 13.8 Å². The van der Waals surface area contributed by atoms with E-state index in [2.05, 4.69) is 16.4 Å². The van der Waals surface area contributed by atoms with Crippen molar-refractivity contribution in [2.45, 2.75) is 20.8 Å². The summed E-state index contributed by atoms with van der Waals surface area (Å²) in [5.74, 6) is 2.59. The molecule has 4 aromatic rings. The first-order valence-electron chi connectivity index (χ1n) is 10.3. The van der Waals surface area contributed by atoms with Gasteiger partial charge in [0, 0.05) is 0 Å². The SMILES string of the molecule is CCOc1ccc2nc(NC(=O)COc3ccc(Oc4cc(C)cc(C)c4)cc3)sc2c1. The van der Waals surface area contributed by atoms with Crippen LogP contribution >= 0.6 is 11.3 Å². The third-order valence-corrected chi connectivity index (χ3v) is 5.48. The predicted molar refractivity (Wildman–Crippen MR) is 127 cm³/mol. The van der Waals surface area contributed by atoms with Gasteiger partial charge in [-0.3, -0.25) is 10.1 Å². The van der Waals surface area contributed by atoms with E-state index in [1.807, 2.05) is 63.2 Å². The maximum atomic E-state index is 12.3. The van der Waals surface area contributed by atoms with Gasteiger partial charge in [-0.1, -0.05) is 17.4 Å². The fourth-order valence-electron chi connectivity index (χ4n) is 3.25. The molecular formula is C25H24N2O4S. The fraction of sp³-hybridized carbons (Fsp3) is 0.200. The average molecular weight is 449 g/mol. The molecule has 0 radical (unpaired) electrons. The number of carbonyl (C=O) groups excluding carboxylic acids is 1.